The Morgan fingerprint density at radius 2 is 1.96 bits per heavy atom. The lowest BCUT2D eigenvalue weighted by Crippen LogP contribution is -2.11. The molecule has 8 nitrogen and oxygen atoms in total. The minimum atomic E-state index is -0.561. The van der Waals surface area contributed by atoms with Crippen LogP contribution in [0, 0.1) is 10.1 Å². The molecule has 0 aliphatic rings. The van der Waals surface area contributed by atoms with Crippen LogP contribution in [0.5, 0.6) is 0 Å². The molecule has 2 heterocycles. The van der Waals surface area contributed by atoms with Gasteiger partial charge in [0.2, 0.25) is 0 Å². The lowest BCUT2D eigenvalue weighted by atomic mass is 10.2. The summed E-state index contributed by atoms with van der Waals surface area (Å²) in [6.07, 6.45) is 0. The molecule has 0 saturated heterocycles. The summed E-state index contributed by atoms with van der Waals surface area (Å²) < 4.78 is 6.59. The van der Waals surface area contributed by atoms with Crippen molar-refractivity contribution < 1.29 is 9.34 Å². The molecule has 0 unspecified atom stereocenters. The fourth-order valence-corrected chi connectivity index (χ4v) is 2.40. The van der Waals surface area contributed by atoms with E-state index in [9.17, 15) is 14.9 Å². The Morgan fingerprint density at radius 1 is 1.13 bits per heavy atom. The summed E-state index contributed by atoms with van der Waals surface area (Å²) in [6.45, 7) is 0. The van der Waals surface area contributed by atoms with E-state index < -0.39 is 10.5 Å². The summed E-state index contributed by atoms with van der Waals surface area (Å²) in [7, 11) is 0. The number of aromatic nitrogens is 3. The zero-order chi connectivity index (χ0) is 16.0. The van der Waals surface area contributed by atoms with Gasteiger partial charge in [0.05, 0.1) is 10.4 Å². The van der Waals surface area contributed by atoms with Crippen LogP contribution in [0.3, 0.4) is 0 Å². The van der Waals surface area contributed by atoms with Gasteiger partial charge in [0, 0.05) is 17.5 Å². The van der Waals surface area contributed by atoms with Gasteiger partial charge in [-0.05, 0) is 18.2 Å². The molecule has 0 fully saturated rings. The van der Waals surface area contributed by atoms with Crippen molar-refractivity contribution in [3.05, 3.63) is 69.1 Å². The van der Waals surface area contributed by atoms with Crippen molar-refractivity contribution in [2.75, 3.05) is 0 Å². The van der Waals surface area contributed by atoms with Crippen molar-refractivity contribution in [3.8, 4) is 5.69 Å². The van der Waals surface area contributed by atoms with Crippen molar-refractivity contribution in [1.82, 2.24) is 15.0 Å². The summed E-state index contributed by atoms with van der Waals surface area (Å²) in [6, 6.07) is 12.9. The molecule has 2 aromatic carbocycles. The van der Waals surface area contributed by atoms with Crippen LogP contribution in [0.1, 0.15) is 0 Å². The van der Waals surface area contributed by atoms with Crippen LogP contribution in [0.15, 0.2) is 57.7 Å². The van der Waals surface area contributed by atoms with Crippen LogP contribution in [0.2, 0.25) is 0 Å². The normalized spacial score (nSPS) is 11.1. The molecule has 23 heavy (non-hydrogen) atoms. The Hall–Kier alpha value is -3.55. The molecule has 112 valence electrons. The summed E-state index contributed by atoms with van der Waals surface area (Å²) in [5.41, 5.74) is 0.829. The van der Waals surface area contributed by atoms with Crippen LogP contribution in [-0.2, 0) is 0 Å². The maximum atomic E-state index is 12.2. The highest BCUT2D eigenvalue weighted by Gasteiger charge is 2.15. The molecule has 0 aliphatic carbocycles. The van der Waals surface area contributed by atoms with E-state index in [2.05, 4.69) is 10.3 Å². The van der Waals surface area contributed by atoms with Crippen molar-refractivity contribution in [2.45, 2.75) is 0 Å². The van der Waals surface area contributed by atoms with E-state index in [1.54, 1.807) is 18.2 Å². The van der Waals surface area contributed by atoms with Crippen molar-refractivity contribution >= 4 is 27.7 Å². The number of rotatable bonds is 2. The van der Waals surface area contributed by atoms with Crippen LogP contribution < -0.4 is 5.63 Å². The second-order valence-corrected chi connectivity index (χ2v) is 4.89. The maximum Gasteiger partial charge on any atom is 0.362 e. The molecule has 0 N–H and O–H groups in total. The Bertz CT molecular complexity index is 1130. The van der Waals surface area contributed by atoms with Gasteiger partial charge in [0.25, 0.3) is 5.69 Å². The van der Waals surface area contributed by atoms with Gasteiger partial charge in [0.15, 0.2) is 5.69 Å². The number of benzene rings is 2. The van der Waals surface area contributed by atoms with Crippen LogP contribution in [0.4, 0.5) is 5.69 Å². The number of nitrogens with zero attached hydrogens (tertiary/aromatic N) is 4. The quantitative estimate of drug-likeness (QED) is 0.320. The number of para-hydroxylation sites is 1. The van der Waals surface area contributed by atoms with Gasteiger partial charge in [-0.3, -0.25) is 10.1 Å². The predicted molar refractivity (Wildman–Crippen MR) is 81.6 cm³/mol. The standard InChI is InChI=1S/C15H8N4O4/c20-15-13(7-9-3-1-2-4-14(9)23-15)18-12-6-5-10(19(21)22)8-11(12)16-17-18/h1-8H. The molecule has 0 bridgehead atoms. The third-order valence-electron chi connectivity index (χ3n) is 3.49. The van der Waals surface area contributed by atoms with E-state index in [0.717, 1.165) is 5.39 Å². The van der Waals surface area contributed by atoms with Crippen LogP contribution in [-0.4, -0.2) is 19.9 Å². The molecule has 0 aliphatic heterocycles. The summed E-state index contributed by atoms with van der Waals surface area (Å²) in [4.78, 5) is 22.5. The van der Waals surface area contributed by atoms with Crippen molar-refractivity contribution in [3.63, 3.8) is 0 Å². The smallest absolute Gasteiger partial charge is 0.362 e. The molecular weight excluding hydrogens is 300 g/mol. The van der Waals surface area contributed by atoms with Crippen LogP contribution >= 0.6 is 0 Å². The van der Waals surface area contributed by atoms with Gasteiger partial charge in [0.1, 0.15) is 11.1 Å². The van der Waals surface area contributed by atoms with Crippen molar-refractivity contribution in [2.24, 2.45) is 0 Å². The first kappa shape index (κ1) is 13.1. The molecule has 4 rings (SSSR count). The highest BCUT2D eigenvalue weighted by Crippen LogP contribution is 2.21. The molecule has 0 radical (unpaired) electrons. The zero-order valence-electron chi connectivity index (χ0n) is 11.5. The van der Waals surface area contributed by atoms with Gasteiger partial charge in [-0.2, -0.15) is 0 Å². The Balaban J connectivity index is 1.97. The van der Waals surface area contributed by atoms with Gasteiger partial charge in [-0.15, -0.1) is 5.10 Å². The number of hydrogen-bond acceptors (Lipinski definition) is 6. The van der Waals surface area contributed by atoms with Gasteiger partial charge < -0.3 is 4.42 Å². The van der Waals surface area contributed by atoms with E-state index in [-0.39, 0.29) is 11.4 Å². The van der Waals surface area contributed by atoms with Crippen molar-refractivity contribution in [1.29, 1.82) is 0 Å². The number of non-ortho nitro benzene ring substituents is 1. The van der Waals surface area contributed by atoms with E-state index in [4.69, 9.17) is 4.42 Å². The topological polar surface area (TPSA) is 104 Å². The third-order valence-corrected chi connectivity index (χ3v) is 3.49. The highest BCUT2D eigenvalue weighted by molar-refractivity contribution is 5.81. The molecule has 2 aromatic heterocycles. The lowest BCUT2D eigenvalue weighted by molar-refractivity contribution is -0.384. The summed E-state index contributed by atoms with van der Waals surface area (Å²) >= 11 is 0. The second-order valence-electron chi connectivity index (χ2n) is 4.89. The maximum absolute atomic E-state index is 12.2. The first-order chi connectivity index (χ1) is 11.1. The fraction of sp³-hybridized carbons (Fsp3) is 0. The van der Waals surface area contributed by atoms with E-state index in [0.29, 0.717) is 16.6 Å². The minimum Gasteiger partial charge on any atom is -0.421 e. The average molecular weight is 308 g/mol. The fourth-order valence-electron chi connectivity index (χ4n) is 2.40. The predicted octanol–water partition coefficient (Wildman–Crippen LogP) is 2.44. The number of hydrogen-bond donors (Lipinski definition) is 0. The SMILES string of the molecule is O=c1oc2ccccc2cc1-n1nnc2cc([N+](=O)[O-])ccc21. The molecular formula is C15H8N4O4. The molecule has 0 saturated carbocycles. The highest BCUT2D eigenvalue weighted by atomic mass is 16.6. The second kappa shape index (κ2) is 4.73. The molecule has 8 heteroatoms. The Kier molecular flexibility index (Phi) is 2.70. The van der Waals surface area contributed by atoms with Crippen LogP contribution in [0.25, 0.3) is 27.7 Å². The molecule has 0 amide bonds. The largest absolute Gasteiger partial charge is 0.421 e. The number of nitro groups is 1. The molecule has 4 aromatic rings. The summed E-state index contributed by atoms with van der Waals surface area (Å²) in [5, 5.41) is 19.4. The van der Waals surface area contributed by atoms with Gasteiger partial charge in [-0.1, -0.05) is 23.4 Å². The summed E-state index contributed by atoms with van der Waals surface area (Å²) in [5.74, 6) is 0. The number of fused-ring (bicyclic) bond motifs is 2. The van der Waals surface area contributed by atoms with E-state index in [1.165, 1.54) is 22.9 Å². The number of nitro benzene ring substituents is 1. The van der Waals surface area contributed by atoms with E-state index in [1.807, 2.05) is 12.1 Å². The Morgan fingerprint density at radius 3 is 2.78 bits per heavy atom. The van der Waals surface area contributed by atoms with Gasteiger partial charge in [-0.25, -0.2) is 9.48 Å². The first-order valence-corrected chi connectivity index (χ1v) is 6.66. The molecule has 0 atom stereocenters. The van der Waals surface area contributed by atoms with Gasteiger partial charge >= 0.3 is 5.63 Å². The average Bonchev–Trinajstić information content (AvgIpc) is 2.97. The monoisotopic (exact) mass is 308 g/mol. The molecule has 0 spiro atoms. The minimum absolute atomic E-state index is 0.0879. The lowest BCUT2D eigenvalue weighted by Gasteiger charge is -2.02. The first-order valence-electron chi connectivity index (χ1n) is 6.66. The third kappa shape index (κ3) is 2.04. The Labute approximate surface area is 127 Å². The van der Waals surface area contributed by atoms with E-state index >= 15 is 0 Å². The zero-order valence-corrected chi connectivity index (χ0v) is 11.5.